The van der Waals surface area contributed by atoms with E-state index in [4.69, 9.17) is 9.47 Å². The minimum Gasteiger partial charge on any atom is -0.493 e. The Morgan fingerprint density at radius 2 is 1.87 bits per heavy atom. The molecule has 5 heteroatoms. The molecule has 5 nitrogen and oxygen atoms in total. The van der Waals surface area contributed by atoms with Gasteiger partial charge in [-0.1, -0.05) is 18.2 Å². The van der Waals surface area contributed by atoms with E-state index in [0.29, 0.717) is 17.2 Å². The number of methoxy groups -OCH3 is 2. The van der Waals surface area contributed by atoms with Crippen molar-refractivity contribution < 1.29 is 14.3 Å². The first-order valence-electron chi connectivity index (χ1n) is 7.54. The van der Waals surface area contributed by atoms with Gasteiger partial charge in [0.2, 0.25) is 0 Å². The minimum atomic E-state index is -0.144. The number of ether oxygens (including phenoxy) is 2. The van der Waals surface area contributed by atoms with E-state index in [-0.39, 0.29) is 12.1 Å². The average Bonchev–Trinajstić information content (AvgIpc) is 2.90. The number of nitrogens with one attached hydrogen (secondary N) is 1. The molecule has 1 N–H and O–H groups in total. The summed E-state index contributed by atoms with van der Waals surface area (Å²) in [4.78, 5) is 14.5. The number of para-hydroxylation sites is 1. The molecule has 0 saturated heterocycles. The maximum Gasteiger partial charge on any atom is 0.326 e. The first kappa shape index (κ1) is 15.2. The Morgan fingerprint density at radius 3 is 2.61 bits per heavy atom. The molecular formula is C18H20N2O3. The lowest BCUT2D eigenvalue weighted by atomic mass is 10.1. The molecule has 0 aliphatic carbocycles. The lowest BCUT2D eigenvalue weighted by molar-refractivity contribution is 0.256. The molecule has 1 aliphatic heterocycles. The number of hydrogen-bond donors (Lipinski definition) is 1. The standard InChI is InChI=1S/C18H20N2O3/c1-12-10-13-6-4-5-7-15(13)20(12)18(21)19-14-8-9-16(22-2)17(11-14)23-3/h4-9,11-12H,10H2,1-3H3,(H,19,21)/t12-/m0/s1. The number of carbonyl (C=O) groups excluding carboxylic acids is 1. The fourth-order valence-corrected chi connectivity index (χ4v) is 2.97. The zero-order valence-electron chi connectivity index (χ0n) is 13.5. The van der Waals surface area contributed by atoms with Crippen LogP contribution in [-0.4, -0.2) is 26.3 Å². The topological polar surface area (TPSA) is 50.8 Å². The number of amides is 2. The van der Waals surface area contributed by atoms with Gasteiger partial charge in [0.25, 0.3) is 0 Å². The molecule has 2 amide bonds. The maximum absolute atomic E-state index is 12.7. The Bertz CT molecular complexity index is 730. The second kappa shape index (κ2) is 6.20. The number of urea groups is 1. The van der Waals surface area contributed by atoms with Crippen molar-refractivity contribution in [1.82, 2.24) is 0 Å². The van der Waals surface area contributed by atoms with E-state index < -0.39 is 0 Å². The Kier molecular flexibility index (Phi) is 4.10. The van der Waals surface area contributed by atoms with E-state index in [9.17, 15) is 4.79 Å². The zero-order chi connectivity index (χ0) is 16.4. The first-order chi connectivity index (χ1) is 11.1. The molecule has 0 radical (unpaired) electrons. The van der Waals surface area contributed by atoms with Crippen LogP contribution in [0.25, 0.3) is 0 Å². The van der Waals surface area contributed by atoms with Gasteiger partial charge in [-0.05, 0) is 37.1 Å². The van der Waals surface area contributed by atoms with Crippen LogP contribution in [0.15, 0.2) is 42.5 Å². The Labute approximate surface area is 135 Å². The summed E-state index contributed by atoms with van der Waals surface area (Å²) in [5.41, 5.74) is 2.84. The molecule has 1 aliphatic rings. The SMILES string of the molecule is COc1ccc(NC(=O)N2c3ccccc3C[C@@H]2C)cc1OC. The number of benzene rings is 2. The van der Waals surface area contributed by atoms with E-state index >= 15 is 0 Å². The Morgan fingerprint density at radius 1 is 1.13 bits per heavy atom. The van der Waals surface area contributed by atoms with Gasteiger partial charge in [0.1, 0.15) is 0 Å². The van der Waals surface area contributed by atoms with Gasteiger partial charge in [-0.3, -0.25) is 4.90 Å². The number of carbonyl (C=O) groups is 1. The molecule has 0 spiro atoms. The molecule has 120 valence electrons. The van der Waals surface area contributed by atoms with Gasteiger partial charge in [-0.25, -0.2) is 4.79 Å². The lowest BCUT2D eigenvalue weighted by Gasteiger charge is -2.23. The van der Waals surface area contributed by atoms with Gasteiger partial charge in [0, 0.05) is 23.5 Å². The van der Waals surface area contributed by atoms with Crippen molar-refractivity contribution in [3.63, 3.8) is 0 Å². The Balaban J connectivity index is 1.82. The van der Waals surface area contributed by atoms with Crippen LogP contribution in [0.3, 0.4) is 0 Å². The highest BCUT2D eigenvalue weighted by molar-refractivity contribution is 6.03. The van der Waals surface area contributed by atoms with Crippen LogP contribution < -0.4 is 19.7 Å². The van der Waals surface area contributed by atoms with Crippen LogP contribution in [0.2, 0.25) is 0 Å². The highest BCUT2D eigenvalue weighted by Crippen LogP contribution is 2.33. The molecule has 2 aromatic carbocycles. The van der Waals surface area contributed by atoms with Crippen LogP contribution in [-0.2, 0) is 6.42 Å². The van der Waals surface area contributed by atoms with Gasteiger partial charge >= 0.3 is 6.03 Å². The molecule has 0 aromatic heterocycles. The number of rotatable bonds is 3. The van der Waals surface area contributed by atoms with Crippen LogP contribution in [0.1, 0.15) is 12.5 Å². The summed E-state index contributed by atoms with van der Waals surface area (Å²) in [6.45, 7) is 2.05. The van der Waals surface area contributed by atoms with Crippen molar-refractivity contribution in [1.29, 1.82) is 0 Å². The third-order valence-corrected chi connectivity index (χ3v) is 4.06. The fraction of sp³-hybridized carbons (Fsp3) is 0.278. The molecule has 1 atom stereocenters. The van der Waals surface area contributed by atoms with Crippen molar-refractivity contribution in [3.05, 3.63) is 48.0 Å². The third-order valence-electron chi connectivity index (χ3n) is 4.06. The number of nitrogens with zero attached hydrogens (tertiary/aromatic N) is 1. The predicted molar refractivity (Wildman–Crippen MR) is 90.7 cm³/mol. The van der Waals surface area contributed by atoms with Crippen LogP contribution in [0.5, 0.6) is 11.5 Å². The molecule has 0 unspecified atom stereocenters. The molecule has 3 rings (SSSR count). The average molecular weight is 312 g/mol. The first-order valence-corrected chi connectivity index (χ1v) is 7.54. The second-order valence-electron chi connectivity index (χ2n) is 5.55. The van der Waals surface area contributed by atoms with Crippen LogP contribution >= 0.6 is 0 Å². The van der Waals surface area contributed by atoms with Crippen LogP contribution in [0, 0.1) is 0 Å². The van der Waals surface area contributed by atoms with E-state index in [2.05, 4.69) is 11.4 Å². The van der Waals surface area contributed by atoms with Crippen molar-refractivity contribution >= 4 is 17.4 Å². The van der Waals surface area contributed by atoms with Crippen molar-refractivity contribution in [2.45, 2.75) is 19.4 Å². The van der Waals surface area contributed by atoms with Crippen molar-refractivity contribution in [2.24, 2.45) is 0 Å². The summed E-state index contributed by atoms with van der Waals surface area (Å²) in [5, 5.41) is 2.93. The smallest absolute Gasteiger partial charge is 0.326 e. The summed E-state index contributed by atoms with van der Waals surface area (Å²) < 4.78 is 10.5. The molecule has 0 fully saturated rings. The normalized spacial score (nSPS) is 16.0. The fourth-order valence-electron chi connectivity index (χ4n) is 2.97. The van der Waals surface area contributed by atoms with E-state index in [1.807, 2.05) is 25.1 Å². The number of fused-ring (bicyclic) bond motifs is 1. The van der Waals surface area contributed by atoms with E-state index in [1.165, 1.54) is 5.56 Å². The highest BCUT2D eigenvalue weighted by Gasteiger charge is 2.30. The molecule has 0 bridgehead atoms. The molecule has 0 saturated carbocycles. The minimum absolute atomic E-state index is 0.132. The van der Waals surface area contributed by atoms with Crippen LogP contribution in [0.4, 0.5) is 16.2 Å². The van der Waals surface area contributed by atoms with Gasteiger partial charge < -0.3 is 14.8 Å². The van der Waals surface area contributed by atoms with E-state index in [1.54, 1.807) is 37.3 Å². The highest BCUT2D eigenvalue weighted by atomic mass is 16.5. The molecule has 23 heavy (non-hydrogen) atoms. The summed E-state index contributed by atoms with van der Waals surface area (Å²) in [6.07, 6.45) is 0.871. The third kappa shape index (κ3) is 2.82. The van der Waals surface area contributed by atoms with Crippen molar-refractivity contribution in [2.75, 3.05) is 24.4 Å². The van der Waals surface area contributed by atoms with E-state index in [0.717, 1.165) is 12.1 Å². The summed E-state index contributed by atoms with van der Waals surface area (Å²) in [5.74, 6) is 1.21. The quantitative estimate of drug-likeness (QED) is 0.940. The molecular weight excluding hydrogens is 292 g/mol. The van der Waals surface area contributed by atoms with Gasteiger partial charge in [0.15, 0.2) is 11.5 Å². The monoisotopic (exact) mass is 312 g/mol. The van der Waals surface area contributed by atoms with Crippen molar-refractivity contribution in [3.8, 4) is 11.5 Å². The van der Waals surface area contributed by atoms with Gasteiger partial charge in [0.05, 0.1) is 14.2 Å². The molecule has 1 heterocycles. The second-order valence-corrected chi connectivity index (χ2v) is 5.55. The zero-order valence-corrected chi connectivity index (χ0v) is 13.5. The Hall–Kier alpha value is -2.69. The van der Waals surface area contributed by atoms with Gasteiger partial charge in [-0.2, -0.15) is 0 Å². The predicted octanol–water partition coefficient (Wildman–Crippen LogP) is 3.69. The maximum atomic E-state index is 12.7. The summed E-state index contributed by atoms with van der Waals surface area (Å²) in [6, 6.07) is 13.3. The summed E-state index contributed by atoms with van der Waals surface area (Å²) in [7, 11) is 3.15. The lowest BCUT2D eigenvalue weighted by Crippen LogP contribution is -2.39. The number of hydrogen-bond acceptors (Lipinski definition) is 3. The largest absolute Gasteiger partial charge is 0.493 e. The molecule has 2 aromatic rings. The van der Waals surface area contributed by atoms with Gasteiger partial charge in [-0.15, -0.1) is 0 Å². The summed E-state index contributed by atoms with van der Waals surface area (Å²) >= 11 is 0. The number of anilines is 2.